The molecule has 0 radical (unpaired) electrons. The molecule has 0 bridgehead atoms. The van der Waals surface area contributed by atoms with Crippen LogP contribution in [0.5, 0.6) is 0 Å². The van der Waals surface area contributed by atoms with E-state index in [9.17, 15) is 9.59 Å². The van der Waals surface area contributed by atoms with Crippen LogP contribution in [0.1, 0.15) is 52.9 Å². The highest BCUT2D eigenvalue weighted by atomic mass is 16.2. The summed E-state index contributed by atoms with van der Waals surface area (Å²) in [4.78, 5) is 28.6. The van der Waals surface area contributed by atoms with E-state index in [1.165, 1.54) is 4.90 Å². The van der Waals surface area contributed by atoms with Crippen molar-refractivity contribution in [2.24, 2.45) is 0 Å². The summed E-state index contributed by atoms with van der Waals surface area (Å²) in [6.45, 7) is 9.51. The predicted molar refractivity (Wildman–Crippen MR) is 82.9 cm³/mol. The van der Waals surface area contributed by atoms with Gasteiger partial charge in [0.15, 0.2) is 0 Å². The van der Waals surface area contributed by atoms with Crippen LogP contribution in [0, 0.1) is 0 Å². The van der Waals surface area contributed by atoms with E-state index in [2.05, 4.69) is 17.1 Å². The number of imide groups is 1. The van der Waals surface area contributed by atoms with E-state index < -0.39 is 0 Å². The van der Waals surface area contributed by atoms with E-state index in [1.54, 1.807) is 0 Å². The van der Waals surface area contributed by atoms with Gasteiger partial charge in [-0.2, -0.15) is 0 Å². The quantitative estimate of drug-likeness (QED) is 0.752. The van der Waals surface area contributed by atoms with Crippen LogP contribution < -0.4 is 5.32 Å². The lowest BCUT2D eigenvalue weighted by molar-refractivity contribution is -0.141. The molecule has 5 heteroatoms. The summed E-state index contributed by atoms with van der Waals surface area (Å²) in [6, 6.07) is 0.145. The molecular weight excluding hydrogens is 266 g/mol. The Morgan fingerprint density at radius 1 is 1.14 bits per heavy atom. The molecular formula is C16H29N3O2. The number of hydrogen-bond acceptors (Lipinski definition) is 4. The molecule has 1 unspecified atom stereocenters. The van der Waals surface area contributed by atoms with Crippen LogP contribution in [-0.4, -0.2) is 59.4 Å². The van der Waals surface area contributed by atoms with Gasteiger partial charge in [0.05, 0.1) is 12.5 Å². The minimum absolute atomic E-state index is 0.00260. The molecule has 2 rings (SSSR count). The van der Waals surface area contributed by atoms with Crippen LogP contribution in [0.2, 0.25) is 0 Å². The molecule has 2 amide bonds. The van der Waals surface area contributed by atoms with E-state index >= 15 is 0 Å². The summed E-state index contributed by atoms with van der Waals surface area (Å²) in [5.41, 5.74) is 0. The maximum atomic E-state index is 12.5. The molecule has 21 heavy (non-hydrogen) atoms. The van der Waals surface area contributed by atoms with Crippen molar-refractivity contribution in [3.8, 4) is 0 Å². The molecule has 1 N–H and O–H groups in total. The number of nitrogens with zero attached hydrogens (tertiary/aromatic N) is 2. The molecule has 120 valence electrons. The van der Waals surface area contributed by atoms with Gasteiger partial charge in [-0.1, -0.05) is 20.8 Å². The Bertz CT molecular complexity index is 374. The van der Waals surface area contributed by atoms with E-state index in [0.717, 1.165) is 45.3 Å². The van der Waals surface area contributed by atoms with Crippen molar-refractivity contribution in [1.29, 1.82) is 0 Å². The first-order chi connectivity index (χ1) is 10.1. The molecule has 2 aliphatic rings. The average molecular weight is 295 g/mol. The van der Waals surface area contributed by atoms with Crippen molar-refractivity contribution in [2.75, 3.05) is 19.6 Å². The predicted octanol–water partition coefficient (Wildman–Crippen LogP) is 1.38. The zero-order valence-corrected chi connectivity index (χ0v) is 13.6. The standard InChI is InChI=1S/C16H29N3O2/c1-4-13(5-2)19-15(20)11-14(16(19)21)17-12-7-9-18(6-3)10-8-12/h12-14,17H,4-11H2,1-3H3. The number of carbonyl (C=O) groups excluding carboxylic acids is 2. The minimum Gasteiger partial charge on any atom is -0.303 e. The van der Waals surface area contributed by atoms with E-state index in [0.29, 0.717) is 12.5 Å². The lowest BCUT2D eigenvalue weighted by Gasteiger charge is -2.33. The van der Waals surface area contributed by atoms with Gasteiger partial charge in [-0.25, -0.2) is 0 Å². The van der Waals surface area contributed by atoms with Gasteiger partial charge in [0.1, 0.15) is 0 Å². The second-order valence-corrected chi connectivity index (χ2v) is 6.20. The topological polar surface area (TPSA) is 52.7 Å². The highest BCUT2D eigenvalue weighted by molar-refractivity contribution is 6.05. The lowest BCUT2D eigenvalue weighted by atomic mass is 10.0. The third-order valence-corrected chi connectivity index (χ3v) is 4.96. The second-order valence-electron chi connectivity index (χ2n) is 6.20. The summed E-state index contributed by atoms with van der Waals surface area (Å²) in [6.07, 6.45) is 4.15. The number of carbonyl (C=O) groups is 2. The Morgan fingerprint density at radius 2 is 1.76 bits per heavy atom. The second kappa shape index (κ2) is 7.36. The number of nitrogens with one attached hydrogen (secondary N) is 1. The Labute approximate surface area is 128 Å². The smallest absolute Gasteiger partial charge is 0.247 e. The van der Waals surface area contributed by atoms with Gasteiger partial charge in [-0.15, -0.1) is 0 Å². The van der Waals surface area contributed by atoms with E-state index in [1.807, 2.05) is 13.8 Å². The van der Waals surface area contributed by atoms with E-state index in [4.69, 9.17) is 0 Å². The molecule has 0 aromatic heterocycles. The van der Waals surface area contributed by atoms with Crippen LogP contribution in [0.4, 0.5) is 0 Å². The van der Waals surface area contributed by atoms with Crippen molar-refractivity contribution >= 4 is 11.8 Å². The highest BCUT2D eigenvalue weighted by Gasteiger charge is 2.42. The van der Waals surface area contributed by atoms with E-state index in [-0.39, 0.29) is 23.9 Å². The first-order valence-electron chi connectivity index (χ1n) is 8.44. The van der Waals surface area contributed by atoms with Crippen molar-refractivity contribution in [2.45, 2.75) is 71.0 Å². The van der Waals surface area contributed by atoms with Gasteiger partial charge in [-0.05, 0) is 45.3 Å². The van der Waals surface area contributed by atoms with Crippen molar-refractivity contribution in [3.05, 3.63) is 0 Å². The summed E-state index contributed by atoms with van der Waals surface area (Å²) < 4.78 is 0. The fraction of sp³-hybridized carbons (Fsp3) is 0.875. The third-order valence-electron chi connectivity index (χ3n) is 4.96. The van der Waals surface area contributed by atoms with Gasteiger partial charge in [0.2, 0.25) is 11.8 Å². The largest absolute Gasteiger partial charge is 0.303 e. The highest BCUT2D eigenvalue weighted by Crippen LogP contribution is 2.21. The molecule has 2 heterocycles. The summed E-state index contributed by atoms with van der Waals surface area (Å²) in [5, 5.41) is 3.44. The summed E-state index contributed by atoms with van der Waals surface area (Å²) in [7, 11) is 0. The van der Waals surface area contributed by atoms with Crippen molar-refractivity contribution < 1.29 is 9.59 Å². The fourth-order valence-electron chi connectivity index (χ4n) is 3.52. The molecule has 2 saturated heterocycles. The number of hydrogen-bond donors (Lipinski definition) is 1. The Balaban J connectivity index is 1.91. The van der Waals surface area contributed by atoms with Gasteiger partial charge in [0, 0.05) is 12.1 Å². The molecule has 0 saturated carbocycles. The number of piperidine rings is 1. The van der Waals surface area contributed by atoms with Crippen LogP contribution in [0.25, 0.3) is 0 Å². The van der Waals surface area contributed by atoms with Gasteiger partial charge >= 0.3 is 0 Å². The molecule has 0 aromatic rings. The Morgan fingerprint density at radius 3 is 2.29 bits per heavy atom. The molecule has 5 nitrogen and oxygen atoms in total. The molecule has 2 fully saturated rings. The summed E-state index contributed by atoms with van der Waals surface area (Å²) in [5.74, 6) is -0.0104. The van der Waals surface area contributed by atoms with Crippen molar-refractivity contribution in [1.82, 2.24) is 15.1 Å². The van der Waals surface area contributed by atoms with Gasteiger partial charge in [-0.3, -0.25) is 14.5 Å². The third kappa shape index (κ3) is 3.64. The van der Waals surface area contributed by atoms with Crippen LogP contribution in [0.3, 0.4) is 0 Å². The Kier molecular flexibility index (Phi) is 5.76. The first-order valence-corrected chi connectivity index (χ1v) is 8.44. The van der Waals surface area contributed by atoms with Crippen LogP contribution >= 0.6 is 0 Å². The minimum atomic E-state index is -0.295. The number of likely N-dealkylation sites (tertiary alicyclic amines) is 2. The SMILES string of the molecule is CCC(CC)N1C(=O)CC(NC2CCN(CC)CC2)C1=O. The molecule has 2 aliphatic heterocycles. The Hall–Kier alpha value is -0.940. The zero-order valence-electron chi connectivity index (χ0n) is 13.6. The van der Waals surface area contributed by atoms with Gasteiger partial charge in [0.25, 0.3) is 0 Å². The van der Waals surface area contributed by atoms with Crippen LogP contribution in [-0.2, 0) is 9.59 Å². The van der Waals surface area contributed by atoms with Crippen molar-refractivity contribution in [3.63, 3.8) is 0 Å². The maximum absolute atomic E-state index is 12.5. The maximum Gasteiger partial charge on any atom is 0.247 e. The first kappa shape index (κ1) is 16.4. The fourth-order valence-corrected chi connectivity index (χ4v) is 3.52. The average Bonchev–Trinajstić information content (AvgIpc) is 2.77. The zero-order chi connectivity index (χ0) is 15.4. The molecule has 0 aromatic carbocycles. The monoisotopic (exact) mass is 295 g/mol. The molecule has 0 aliphatic carbocycles. The lowest BCUT2D eigenvalue weighted by Crippen LogP contribution is -2.49. The molecule has 0 spiro atoms. The van der Waals surface area contributed by atoms with Gasteiger partial charge < -0.3 is 10.2 Å². The van der Waals surface area contributed by atoms with Crippen LogP contribution in [0.15, 0.2) is 0 Å². The number of amides is 2. The normalized spacial score (nSPS) is 25.3. The number of rotatable bonds is 6. The summed E-state index contributed by atoms with van der Waals surface area (Å²) >= 11 is 0. The molecule has 1 atom stereocenters.